The zero-order valence-electron chi connectivity index (χ0n) is 9.84. The number of nitrogens with one attached hydrogen (secondary N) is 1. The number of nitrogens with zero attached hydrogens (tertiary/aromatic N) is 1. The molecule has 1 heterocycles. The maximum Gasteiger partial charge on any atom is 0.165 e. The number of H-pyrrole nitrogens is 1. The summed E-state index contributed by atoms with van der Waals surface area (Å²) in [5.74, 6) is -1.32. The fourth-order valence-corrected chi connectivity index (χ4v) is 1.77. The summed E-state index contributed by atoms with van der Waals surface area (Å²) in [5, 5.41) is 6.49. The van der Waals surface area contributed by atoms with E-state index in [1.807, 2.05) is 0 Å². The van der Waals surface area contributed by atoms with E-state index in [9.17, 15) is 8.78 Å². The first kappa shape index (κ1) is 12.5. The molecule has 0 saturated heterocycles. The van der Waals surface area contributed by atoms with Crippen molar-refractivity contribution in [2.24, 2.45) is 5.73 Å². The summed E-state index contributed by atoms with van der Waals surface area (Å²) >= 11 is 0. The molecular formula is C12H13F2N3O. The standard InChI is InChI=1S/C12H13F2N3O/c1-18-11-5-9(13)8(4-10(11)14)12-7(2-3-15)6-16-17-12/h4-6H,2-3,15H2,1H3,(H,16,17). The summed E-state index contributed by atoms with van der Waals surface area (Å²) in [4.78, 5) is 0. The lowest BCUT2D eigenvalue weighted by Crippen LogP contribution is -2.03. The number of benzene rings is 1. The molecule has 0 bridgehead atoms. The van der Waals surface area contributed by atoms with E-state index >= 15 is 0 Å². The fraction of sp³-hybridized carbons (Fsp3) is 0.250. The van der Waals surface area contributed by atoms with Gasteiger partial charge in [0.05, 0.1) is 19.0 Å². The fourth-order valence-electron chi connectivity index (χ4n) is 1.77. The number of rotatable bonds is 4. The van der Waals surface area contributed by atoms with Crippen molar-refractivity contribution in [3.05, 3.63) is 35.5 Å². The van der Waals surface area contributed by atoms with E-state index in [0.717, 1.165) is 17.7 Å². The van der Waals surface area contributed by atoms with Crippen molar-refractivity contribution in [1.82, 2.24) is 10.2 Å². The topological polar surface area (TPSA) is 63.9 Å². The highest BCUT2D eigenvalue weighted by molar-refractivity contribution is 5.64. The Morgan fingerprint density at radius 3 is 2.78 bits per heavy atom. The Bertz CT molecular complexity index is 554. The number of aromatic nitrogens is 2. The summed E-state index contributed by atoms with van der Waals surface area (Å²) in [5.41, 5.74) is 6.77. The molecule has 6 heteroatoms. The first-order valence-electron chi connectivity index (χ1n) is 5.43. The maximum absolute atomic E-state index is 13.9. The molecule has 0 aliphatic rings. The van der Waals surface area contributed by atoms with Gasteiger partial charge in [0.2, 0.25) is 0 Å². The predicted molar refractivity (Wildman–Crippen MR) is 63.3 cm³/mol. The van der Waals surface area contributed by atoms with E-state index in [1.165, 1.54) is 7.11 Å². The highest BCUT2D eigenvalue weighted by Gasteiger charge is 2.15. The van der Waals surface area contributed by atoms with Gasteiger partial charge >= 0.3 is 0 Å². The lowest BCUT2D eigenvalue weighted by molar-refractivity contribution is 0.383. The van der Waals surface area contributed by atoms with Crippen LogP contribution in [0.3, 0.4) is 0 Å². The van der Waals surface area contributed by atoms with Gasteiger partial charge in [-0.05, 0) is 24.6 Å². The zero-order chi connectivity index (χ0) is 13.1. The van der Waals surface area contributed by atoms with Gasteiger partial charge in [0.25, 0.3) is 0 Å². The average molecular weight is 253 g/mol. The summed E-state index contributed by atoms with van der Waals surface area (Å²) in [6.07, 6.45) is 2.10. The normalized spacial score (nSPS) is 10.7. The van der Waals surface area contributed by atoms with Gasteiger partial charge in [-0.1, -0.05) is 0 Å². The van der Waals surface area contributed by atoms with Crippen LogP contribution in [0, 0.1) is 11.6 Å². The van der Waals surface area contributed by atoms with Crippen molar-refractivity contribution in [2.45, 2.75) is 6.42 Å². The minimum absolute atomic E-state index is 0.120. The van der Waals surface area contributed by atoms with Crippen molar-refractivity contribution >= 4 is 0 Å². The Labute approximate surface area is 103 Å². The molecule has 2 rings (SSSR count). The molecule has 0 aliphatic carbocycles. The van der Waals surface area contributed by atoms with Crippen molar-refractivity contribution in [3.63, 3.8) is 0 Å². The third-order valence-electron chi connectivity index (χ3n) is 2.64. The number of hydrogen-bond donors (Lipinski definition) is 2. The van der Waals surface area contributed by atoms with Gasteiger partial charge in [0.15, 0.2) is 11.6 Å². The van der Waals surface area contributed by atoms with Crippen LogP contribution in [0.4, 0.5) is 8.78 Å². The van der Waals surface area contributed by atoms with Crippen LogP contribution in [0.15, 0.2) is 18.3 Å². The molecule has 3 N–H and O–H groups in total. The molecule has 0 radical (unpaired) electrons. The van der Waals surface area contributed by atoms with Crippen molar-refractivity contribution < 1.29 is 13.5 Å². The minimum atomic E-state index is -0.623. The van der Waals surface area contributed by atoms with E-state index in [1.54, 1.807) is 6.20 Å². The highest BCUT2D eigenvalue weighted by atomic mass is 19.1. The summed E-state index contributed by atoms with van der Waals surface area (Å²) < 4.78 is 32.2. The Hall–Kier alpha value is -1.95. The quantitative estimate of drug-likeness (QED) is 0.874. The van der Waals surface area contributed by atoms with Crippen molar-refractivity contribution in [1.29, 1.82) is 0 Å². The molecule has 0 unspecified atom stereocenters. The van der Waals surface area contributed by atoms with Crippen LogP contribution in [0.2, 0.25) is 0 Å². The van der Waals surface area contributed by atoms with Crippen LogP contribution in [0.25, 0.3) is 11.3 Å². The second-order valence-corrected chi connectivity index (χ2v) is 3.78. The average Bonchev–Trinajstić information content (AvgIpc) is 2.80. The Morgan fingerprint density at radius 1 is 1.33 bits per heavy atom. The molecule has 0 aliphatic heterocycles. The Balaban J connectivity index is 2.50. The number of halogens is 2. The van der Waals surface area contributed by atoms with Crippen LogP contribution in [0.1, 0.15) is 5.56 Å². The van der Waals surface area contributed by atoms with E-state index in [4.69, 9.17) is 10.5 Å². The van der Waals surface area contributed by atoms with Gasteiger partial charge in [-0.2, -0.15) is 5.10 Å². The SMILES string of the molecule is COc1cc(F)c(-c2[nH]ncc2CCN)cc1F. The van der Waals surface area contributed by atoms with Gasteiger partial charge in [0, 0.05) is 11.6 Å². The number of nitrogens with two attached hydrogens (primary N) is 1. The van der Waals surface area contributed by atoms with Crippen LogP contribution in [-0.2, 0) is 6.42 Å². The number of methoxy groups -OCH3 is 1. The predicted octanol–water partition coefficient (Wildman–Crippen LogP) is 1.86. The summed E-state index contributed by atoms with van der Waals surface area (Å²) in [6.45, 7) is 0.410. The maximum atomic E-state index is 13.9. The third-order valence-corrected chi connectivity index (χ3v) is 2.64. The lowest BCUT2D eigenvalue weighted by atomic mass is 10.1. The monoisotopic (exact) mass is 253 g/mol. The van der Waals surface area contributed by atoms with Crippen LogP contribution < -0.4 is 10.5 Å². The smallest absolute Gasteiger partial charge is 0.165 e. The molecule has 4 nitrogen and oxygen atoms in total. The van der Waals surface area contributed by atoms with E-state index in [0.29, 0.717) is 18.7 Å². The molecule has 0 spiro atoms. The number of aromatic amines is 1. The largest absolute Gasteiger partial charge is 0.494 e. The van der Waals surface area contributed by atoms with Gasteiger partial charge in [-0.25, -0.2) is 8.78 Å². The van der Waals surface area contributed by atoms with Crippen LogP contribution in [0.5, 0.6) is 5.75 Å². The second-order valence-electron chi connectivity index (χ2n) is 3.78. The molecule has 96 valence electrons. The molecule has 0 fully saturated rings. The van der Waals surface area contributed by atoms with Crippen molar-refractivity contribution in [3.8, 4) is 17.0 Å². The Morgan fingerprint density at radius 2 is 2.11 bits per heavy atom. The molecular weight excluding hydrogens is 240 g/mol. The van der Waals surface area contributed by atoms with Gasteiger partial charge in [0.1, 0.15) is 5.82 Å². The number of hydrogen-bond acceptors (Lipinski definition) is 3. The molecule has 0 atom stereocenters. The molecule has 1 aromatic carbocycles. The molecule has 1 aromatic heterocycles. The summed E-state index contributed by atoms with van der Waals surface area (Å²) in [6, 6.07) is 2.10. The minimum Gasteiger partial charge on any atom is -0.494 e. The highest BCUT2D eigenvalue weighted by Crippen LogP contribution is 2.29. The first-order chi connectivity index (χ1) is 8.67. The third kappa shape index (κ3) is 2.19. The van der Waals surface area contributed by atoms with E-state index in [2.05, 4.69) is 10.2 Å². The Kier molecular flexibility index (Phi) is 3.57. The molecule has 18 heavy (non-hydrogen) atoms. The molecule has 0 saturated carbocycles. The zero-order valence-corrected chi connectivity index (χ0v) is 9.84. The first-order valence-corrected chi connectivity index (χ1v) is 5.43. The number of ether oxygens (including phenoxy) is 1. The molecule has 2 aromatic rings. The second kappa shape index (κ2) is 5.14. The van der Waals surface area contributed by atoms with Gasteiger partial charge in [-0.3, -0.25) is 5.10 Å². The molecule has 0 amide bonds. The van der Waals surface area contributed by atoms with E-state index in [-0.39, 0.29) is 11.3 Å². The van der Waals surface area contributed by atoms with Crippen LogP contribution in [-0.4, -0.2) is 23.9 Å². The van der Waals surface area contributed by atoms with Gasteiger partial charge in [-0.15, -0.1) is 0 Å². The van der Waals surface area contributed by atoms with E-state index < -0.39 is 11.6 Å². The van der Waals surface area contributed by atoms with Crippen LogP contribution >= 0.6 is 0 Å². The summed E-state index contributed by atoms with van der Waals surface area (Å²) in [7, 11) is 1.29. The van der Waals surface area contributed by atoms with Gasteiger partial charge < -0.3 is 10.5 Å². The lowest BCUT2D eigenvalue weighted by Gasteiger charge is -2.07. The van der Waals surface area contributed by atoms with Crippen molar-refractivity contribution in [2.75, 3.05) is 13.7 Å².